The van der Waals surface area contributed by atoms with Gasteiger partial charge in [-0.25, -0.2) is 4.98 Å². The van der Waals surface area contributed by atoms with Gasteiger partial charge in [-0.05, 0) is 23.8 Å². The summed E-state index contributed by atoms with van der Waals surface area (Å²) in [5, 5.41) is 8.80. The van der Waals surface area contributed by atoms with Gasteiger partial charge in [0.1, 0.15) is 5.15 Å². The predicted octanol–water partition coefficient (Wildman–Crippen LogP) is 4.59. The Balaban J connectivity index is 2.46. The number of fused-ring (bicyclic) bond motifs is 1. The number of pyridine rings is 1. The van der Waals surface area contributed by atoms with E-state index in [-0.39, 0.29) is 0 Å². The van der Waals surface area contributed by atoms with Crippen molar-refractivity contribution >= 4 is 45.7 Å². The van der Waals surface area contributed by atoms with E-state index in [2.05, 4.69) is 15.2 Å². The molecule has 0 unspecified atom stereocenters. The quantitative estimate of drug-likeness (QED) is 0.668. The minimum atomic E-state index is 0.400. The maximum Gasteiger partial charge on any atom is 0.130 e. The average molecular weight is 299 g/mol. The van der Waals surface area contributed by atoms with Crippen LogP contribution in [0.1, 0.15) is 0 Å². The van der Waals surface area contributed by atoms with Crippen molar-refractivity contribution < 1.29 is 0 Å². The largest absolute Gasteiger partial charge is 0.285 e. The van der Waals surface area contributed by atoms with Gasteiger partial charge in [0.15, 0.2) is 0 Å². The molecule has 0 radical (unpaired) electrons. The molecule has 0 spiro atoms. The maximum atomic E-state index is 6.25. The van der Waals surface area contributed by atoms with Crippen LogP contribution >= 0.6 is 34.8 Å². The van der Waals surface area contributed by atoms with Gasteiger partial charge in [-0.15, -0.1) is 0 Å². The third kappa shape index (κ3) is 1.85. The Kier molecular flexibility index (Phi) is 2.90. The van der Waals surface area contributed by atoms with Crippen molar-refractivity contribution in [3.8, 4) is 11.1 Å². The molecule has 0 amide bonds. The second-order valence-electron chi connectivity index (χ2n) is 3.74. The first kappa shape index (κ1) is 11.8. The first-order chi connectivity index (χ1) is 8.66. The van der Waals surface area contributed by atoms with Crippen molar-refractivity contribution in [3.05, 3.63) is 45.8 Å². The lowest BCUT2D eigenvalue weighted by molar-refractivity contribution is 1.09. The number of aromatic nitrogens is 3. The Bertz CT molecular complexity index is 723. The van der Waals surface area contributed by atoms with Crippen LogP contribution in [-0.4, -0.2) is 15.2 Å². The molecule has 0 aliphatic rings. The maximum absolute atomic E-state index is 6.25. The summed E-state index contributed by atoms with van der Waals surface area (Å²) in [5.41, 5.74) is 2.44. The van der Waals surface area contributed by atoms with Crippen LogP contribution in [-0.2, 0) is 0 Å². The number of hydrogen-bond donors (Lipinski definition) is 1. The molecule has 1 N–H and O–H groups in total. The summed E-state index contributed by atoms with van der Waals surface area (Å²) in [4.78, 5) is 4.24. The highest BCUT2D eigenvalue weighted by Crippen LogP contribution is 2.37. The molecule has 90 valence electrons. The molecular weight excluding hydrogens is 293 g/mol. The normalized spacial score (nSPS) is 11.1. The van der Waals surface area contributed by atoms with Crippen LogP contribution in [0.4, 0.5) is 0 Å². The van der Waals surface area contributed by atoms with Gasteiger partial charge in [0.05, 0.1) is 21.8 Å². The lowest BCUT2D eigenvalue weighted by Crippen LogP contribution is -1.87. The molecule has 18 heavy (non-hydrogen) atoms. The number of H-pyrrole nitrogens is 1. The van der Waals surface area contributed by atoms with E-state index in [0.29, 0.717) is 20.7 Å². The van der Waals surface area contributed by atoms with Crippen molar-refractivity contribution in [3.63, 3.8) is 0 Å². The fourth-order valence-electron chi connectivity index (χ4n) is 1.85. The highest BCUT2D eigenvalue weighted by molar-refractivity contribution is 6.46. The number of benzene rings is 1. The van der Waals surface area contributed by atoms with E-state index in [4.69, 9.17) is 34.8 Å². The van der Waals surface area contributed by atoms with E-state index < -0.39 is 0 Å². The Morgan fingerprint density at radius 2 is 1.94 bits per heavy atom. The van der Waals surface area contributed by atoms with Crippen LogP contribution in [0.5, 0.6) is 0 Å². The van der Waals surface area contributed by atoms with Crippen molar-refractivity contribution in [2.75, 3.05) is 0 Å². The summed E-state index contributed by atoms with van der Waals surface area (Å²) in [7, 11) is 0. The van der Waals surface area contributed by atoms with Gasteiger partial charge < -0.3 is 0 Å². The topological polar surface area (TPSA) is 41.6 Å². The van der Waals surface area contributed by atoms with Crippen LogP contribution in [0, 0.1) is 0 Å². The van der Waals surface area contributed by atoms with E-state index in [9.17, 15) is 0 Å². The molecule has 0 atom stereocenters. The number of rotatable bonds is 1. The SMILES string of the molecule is Clc1cc(-c2cn[nH]c2)c2c(Cl)c(Cl)ccc2n1. The molecule has 0 saturated carbocycles. The van der Waals surface area contributed by atoms with Gasteiger partial charge >= 0.3 is 0 Å². The van der Waals surface area contributed by atoms with Gasteiger partial charge in [-0.2, -0.15) is 5.10 Å². The Hall–Kier alpha value is -1.29. The van der Waals surface area contributed by atoms with Crippen molar-refractivity contribution in [2.24, 2.45) is 0 Å². The molecule has 3 nitrogen and oxygen atoms in total. The molecular formula is C12H6Cl3N3. The van der Waals surface area contributed by atoms with Crippen molar-refractivity contribution in [1.82, 2.24) is 15.2 Å². The lowest BCUT2D eigenvalue weighted by Gasteiger charge is -2.08. The first-order valence-corrected chi connectivity index (χ1v) is 6.23. The number of aromatic amines is 1. The molecule has 3 rings (SSSR count). The van der Waals surface area contributed by atoms with E-state index in [1.54, 1.807) is 30.6 Å². The van der Waals surface area contributed by atoms with Gasteiger partial charge in [0, 0.05) is 17.1 Å². The fraction of sp³-hybridized carbons (Fsp3) is 0. The molecule has 0 aliphatic heterocycles. The van der Waals surface area contributed by atoms with Gasteiger partial charge in [-0.3, -0.25) is 5.10 Å². The smallest absolute Gasteiger partial charge is 0.130 e. The second kappa shape index (κ2) is 4.43. The monoisotopic (exact) mass is 297 g/mol. The van der Waals surface area contributed by atoms with Crippen molar-refractivity contribution in [1.29, 1.82) is 0 Å². The molecule has 0 aliphatic carbocycles. The summed E-state index contributed by atoms with van der Waals surface area (Å²) >= 11 is 18.3. The summed E-state index contributed by atoms with van der Waals surface area (Å²) in [6, 6.07) is 5.24. The third-order valence-corrected chi connectivity index (χ3v) is 3.64. The minimum Gasteiger partial charge on any atom is -0.285 e. The van der Waals surface area contributed by atoms with Crippen LogP contribution in [0.25, 0.3) is 22.0 Å². The highest BCUT2D eigenvalue weighted by Gasteiger charge is 2.13. The summed E-state index contributed by atoms with van der Waals surface area (Å²) in [5.74, 6) is 0. The zero-order valence-electron chi connectivity index (χ0n) is 8.92. The zero-order chi connectivity index (χ0) is 12.7. The standard InChI is InChI=1S/C12H6Cl3N3/c13-8-1-2-9-11(12(8)15)7(3-10(14)18-9)6-4-16-17-5-6/h1-5H,(H,16,17). The Morgan fingerprint density at radius 1 is 1.11 bits per heavy atom. The van der Waals surface area contributed by atoms with Gasteiger partial charge in [0.2, 0.25) is 0 Å². The second-order valence-corrected chi connectivity index (χ2v) is 4.91. The van der Waals surface area contributed by atoms with E-state index in [1.807, 2.05) is 0 Å². The number of nitrogens with one attached hydrogen (secondary N) is 1. The van der Waals surface area contributed by atoms with Crippen LogP contribution in [0.3, 0.4) is 0 Å². The molecule has 1 aromatic carbocycles. The predicted molar refractivity (Wildman–Crippen MR) is 74.4 cm³/mol. The van der Waals surface area contributed by atoms with E-state index in [1.165, 1.54) is 0 Å². The molecule has 0 fully saturated rings. The van der Waals surface area contributed by atoms with E-state index >= 15 is 0 Å². The summed E-state index contributed by atoms with van der Waals surface area (Å²) in [6.45, 7) is 0. The Labute approximate surface area is 118 Å². The molecule has 0 bridgehead atoms. The minimum absolute atomic E-state index is 0.400. The molecule has 2 heterocycles. The molecule has 2 aromatic heterocycles. The van der Waals surface area contributed by atoms with Crippen LogP contribution < -0.4 is 0 Å². The lowest BCUT2D eigenvalue weighted by atomic mass is 10.0. The van der Waals surface area contributed by atoms with Crippen LogP contribution in [0.2, 0.25) is 15.2 Å². The molecule has 6 heteroatoms. The molecule has 0 saturated heterocycles. The highest BCUT2D eigenvalue weighted by atomic mass is 35.5. The van der Waals surface area contributed by atoms with Crippen LogP contribution in [0.15, 0.2) is 30.6 Å². The van der Waals surface area contributed by atoms with Gasteiger partial charge in [-0.1, -0.05) is 34.8 Å². The number of hydrogen-bond acceptors (Lipinski definition) is 2. The Morgan fingerprint density at radius 3 is 2.67 bits per heavy atom. The number of halogens is 3. The third-order valence-electron chi connectivity index (χ3n) is 2.64. The fourth-order valence-corrected chi connectivity index (χ4v) is 2.47. The number of nitrogens with zero attached hydrogens (tertiary/aromatic N) is 2. The average Bonchev–Trinajstić information content (AvgIpc) is 2.86. The molecule has 3 aromatic rings. The summed E-state index contributed by atoms with van der Waals surface area (Å²) in [6.07, 6.45) is 3.46. The first-order valence-electron chi connectivity index (χ1n) is 5.10. The van der Waals surface area contributed by atoms with E-state index in [0.717, 1.165) is 16.5 Å². The zero-order valence-corrected chi connectivity index (χ0v) is 11.2. The van der Waals surface area contributed by atoms with Gasteiger partial charge in [0.25, 0.3) is 0 Å². The van der Waals surface area contributed by atoms with Crippen molar-refractivity contribution in [2.45, 2.75) is 0 Å². The summed E-state index contributed by atoms with van der Waals surface area (Å²) < 4.78 is 0.